The van der Waals surface area contributed by atoms with Crippen LogP contribution < -0.4 is 10.6 Å². The first-order valence-corrected chi connectivity index (χ1v) is 8.42. The number of rotatable bonds is 10. The van der Waals surface area contributed by atoms with E-state index in [0.29, 0.717) is 25.1 Å². The van der Waals surface area contributed by atoms with Crippen molar-refractivity contribution >= 4 is 23.6 Å². The number of aromatic nitrogens is 1. The topological polar surface area (TPSA) is 71.1 Å². The second-order valence-corrected chi connectivity index (χ2v) is 5.79. The van der Waals surface area contributed by atoms with Gasteiger partial charge in [0, 0.05) is 37.7 Å². The number of nitrogens with zero attached hydrogens (tertiary/aromatic N) is 1. The molecule has 0 aliphatic rings. The molecular formula is C15H23N3O2S. The van der Waals surface area contributed by atoms with Crippen LogP contribution in [0.3, 0.4) is 0 Å². The van der Waals surface area contributed by atoms with Gasteiger partial charge in [-0.05, 0) is 24.3 Å². The minimum absolute atomic E-state index is 0.0367. The number of amides is 2. The lowest BCUT2D eigenvalue weighted by atomic mass is 10.3. The first-order valence-electron chi connectivity index (χ1n) is 7.26. The van der Waals surface area contributed by atoms with E-state index in [1.807, 2.05) is 11.8 Å². The molecule has 2 N–H and O–H groups in total. The van der Waals surface area contributed by atoms with Gasteiger partial charge in [-0.3, -0.25) is 14.6 Å². The maximum absolute atomic E-state index is 11.7. The average Bonchev–Trinajstić information content (AvgIpc) is 2.52. The summed E-state index contributed by atoms with van der Waals surface area (Å²) in [5, 5.41) is 5.54. The van der Waals surface area contributed by atoms with Gasteiger partial charge in [-0.1, -0.05) is 13.3 Å². The molecule has 0 bridgehead atoms. The summed E-state index contributed by atoms with van der Waals surface area (Å²) in [7, 11) is 0. The Balaban J connectivity index is 2.03. The second kappa shape index (κ2) is 11.1. The fourth-order valence-corrected chi connectivity index (χ4v) is 2.61. The normalized spacial score (nSPS) is 10.1. The lowest BCUT2D eigenvalue weighted by Gasteiger charge is -2.07. The van der Waals surface area contributed by atoms with Gasteiger partial charge in [0.05, 0.1) is 5.56 Å². The number of carbonyl (C=O) groups is 2. The lowest BCUT2D eigenvalue weighted by Crippen LogP contribution is -2.34. The van der Waals surface area contributed by atoms with Gasteiger partial charge in [-0.15, -0.1) is 0 Å². The third-order valence-corrected chi connectivity index (χ3v) is 3.84. The predicted molar refractivity (Wildman–Crippen MR) is 86.4 cm³/mol. The maximum atomic E-state index is 11.7. The number of hydrogen-bond acceptors (Lipinski definition) is 4. The molecule has 0 saturated carbocycles. The van der Waals surface area contributed by atoms with Crippen molar-refractivity contribution in [3.05, 3.63) is 30.1 Å². The van der Waals surface area contributed by atoms with E-state index >= 15 is 0 Å². The van der Waals surface area contributed by atoms with Gasteiger partial charge in [-0.2, -0.15) is 11.8 Å². The Morgan fingerprint density at radius 3 is 2.76 bits per heavy atom. The van der Waals surface area contributed by atoms with E-state index in [-0.39, 0.29) is 11.8 Å². The van der Waals surface area contributed by atoms with Crippen LogP contribution in [0.2, 0.25) is 0 Å². The molecule has 1 aromatic heterocycles. The molecule has 0 spiro atoms. The van der Waals surface area contributed by atoms with E-state index in [9.17, 15) is 9.59 Å². The second-order valence-electron chi connectivity index (χ2n) is 4.56. The van der Waals surface area contributed by atoms with Crippen LogP contribution >= 0.6 is 11.8 Å². The molecule has 1 rings (SSSR count). The maximum Gasteiger partial charge on any atom is 0.252 e. The van der Waals surface area contributed by atoms with E-state index in [0.717, 1.165) is 11.5 Å². The van der Waals surface area contributed by atoms with Gasteiger partial charge in [-0.25, -0.2) is 0 Å². The summed E-state index contributed by atoms with van der Waals surface area (Å²) in [6.07, 6.45) is 6.06. The van der Waals surface area contributed by atoms with Gasteiger partial charge in [0.15, 0.2) is 0 Å². The van der Waals surface area contributed by atoms with Crippen molar-refractivity contribution in [2.24, 2.45) is 0 Å². The molecule has 1 aromatic rings. The van der Waals surface area contributed by atoms with Gasteiger partial charge in [0.1, 0.15) is 0 Å². The van der Waals surface area contributed by atoms with Crippen molar-refractivity contribution in [2.45, 2.75) is 26.2 Å². The molecule has 0 aromatic carbocycles. The van der Waals surface area contributed by atoms with Crippen LogP contribution in [0.5, 0.6) is 0 Å². The van der Waals surface area contributed by atoms with E-state index in [1.54, 1.807) is 18.3 Å². The zero-order chi connectivity index (χ0) is 15.3. The molecule has 6 heteroatoms. The zero-order valence-electron chi connectivity index (χ0n) is 12.4. The molecule has 0 unspecified atom stereocenters. The Bertz CT molecular complexity index is 426. The summed E-state index contributed by atoms with van der Waals surface area (Å²) >= 11 is 1.81. The number of pyridine rings is 1. The van der Waals surface area contributed by atoms with Crippen LogP contribution in [0.15, 0.2) is 24.5 Å². The minimum Gasteiger partial charge on any atom is -0.354 e. The zero-order valence-corrected chi connectivity index (χ0v) is 13.2. The first-order chi connectivity index (χ1) is 10.2. The van der Waals surface area contributed by atoms with Crippen LogP contribution in [0, 0.1) is 0 Å². The van der Waals surface area contributed by atoms with E-state index in [1.165, 1.54) is 19.0 Å². The number of carbonyl (C=O) groups excluding carboxylic acids is 2. The molecule has 1 heterocycles. The van der Waals surface area contributed by atoms with Crippen LogP contribution in [-0.2, 0) is 4.79 Å². The monoisotopic (exact) mass is 309 g/mol. The molecule has 0 atom stereocenters. The SMILES string of the molecule is CCCCSCCC(=O)NCCNC(=O)c1cccnc1. The number of nitrogens with one attached hydrogen (secondary N) is 2. The minimum atomic E-state index is -0.174. The van der Waals surface area contributed by atoms with Crippen LogP contribution in [0.4, 0.5) is 0 Å². The standard InChI is InChI=1S/C15H23N3O2S/c1-2-3-10-21-11-6-14(19)17-8-9-18-15(20)13-5-4-7-16-12-13/h4-5,7,12H,2-3,6,8-11H2,1H3,(H,17,19)(H,18,20). The quantitative estimate of drug-likeness (QED) is 0.647. The fraction of sp³-hybridized carbons (Fsp3) is 0.533. The predicted octanol–water partition coefficient (Wildman–Crippen LogP) is 1.85. The number of hydrogen-bond donors (Lipinski definition) is 2. The van der Waals surface area contributed by atoms with Gasteiger partial charge in [0.2, 0.25) is 5.91 Å². The summed E-state index contributed by atoms with van der Waals surface area (Å²) < 4.78 is 0. The first kappa shape index (κ1) is 17.5. The van der Waals surface area contributed by atoms with Gasteiger partial charge < -0.3 is 10.6 Å². The molecule has 0 fully saturated rings. The van der Waals surface area contributed by atoms with E-state index < -0.39 is 0 Å². The fourth-order valence-electron chi connectivity index (χ4n) is 1.58. The number of thioether (sulfide) groups is 1. The largest absolute Gasteiger partial charge is 0.354 e. The number of unbranched alkanes of at least 4 members (excludes halogenated alkanes) is 1. The highest BCUT2D eigenvalue weighted by molar-refractivity contribution is 7.99. The average molecular weight is 309 g/mol. The third-order valence-electron chi connectivity index (χ3n) is 2.77. The highest BCUT2D eigenvalue weighted by atomic mass is 32.2. The van der Waals surface area contributed by atoms with Crippen molar-refractivity contribution in [1.29, 1.82) is 0 Å². The third kappa shape index (κ3) is 8.34. The summed E-state index contributed by atoms with van der Waals surface area (Å²) in [4.78, 5) is 27.1. The molecule has 21 heavy (non-hydrogen) atoms. The Labute approximate surface area is 130 Å². The van der Waals surface area contributed by atoms with E-state index in [2.05, 4.69) is 22.5 Å². The Hall–Kier alpha value is -1.56. The van der Waals surface area contributed by atoms with Crippen LogP contribution in [0.25, 0.3) is 0 Å². The Kier molecular flexibility index (Phi) is 9.28. The molecule has 0 saturated heterocycles. The van der Waals surface area contributed by atoms with Crippen molar-refractivity contribution in [1.82, 2.24) is 15.6 Å². The van der Waals surface area contributed by atoms with Gasteiger partial charge >= 0.3 is 0 Å². The van der Waals surface area contributed by atoms with Gasteiger partial charge in [0.25, 0.3) is 5.91 Å². The molecule has 0 radical (unpaired) electrons. The molecule has 0 aliphatic carbocycles. The molecule has 2 amide bonds. The molecule has 116 valence electrons. The molecule has 5 nitrogen and oxygen atoms in total. The van der Waals surface area contributed by atoms with Crippen LogP contribution in [0.1, 0.15) is 36.5 Å². The summed E-state index contributed by atoms with van der Waals surface area (Å²) in [5.74, 6) is 1.83. The summed E-state index contributed by atoms with van der Waals surface area (Å²) in [6, 6.07) is 3.42. The van der Waals surface area contributed by atoms with E-state index in [4.69, 9.17) is 0 Å². The summed E-state index contributed by atoms with van der Waals surface area (Å²) in [5.41, 5.74) is 0.524. The highest BCUT2D eigenvalue weighted by Gasteiger charge is 2.04. The van der Waals surface area contributed by atoms with Crippen LogP contribution in [-0.4, -0.2) is 41.4 Å². The summed E-state index contributed by atoms with van der Waals surface area (Å²) in [6.45, 7) is 3.03. The van der Waals surface area contributed by atoms with Crippen molar-refractivity contribution in [3.63, 3.8) is 0 Å². The molecule has 0 aliphatic heterocycles. The molecular weight excluding hydrogens is 286 g/mol. The Morgan fingerprint density at radius 1 is 1.24 bits per heavy atom. The highest BCUT2D eigenvalue weighted by Crippen LogP contribution is 2.05. The smallest absolute Gasteiger partial charge is 0.252 e. The Morgan fingerprint density at radius 2 is 2.05 bits per heavy atom. The van der Waals surface area contributed by atoms with Crippen molar-refractivity contribution in [3.8, 4) is 0 Å². The van der Waals surface area contributed by atoms with Crippen molar-refractivity contribution in [2.75, 3.05) is 24.6 Å². The van der Waals surface area contributed by atoms with Crippen molar-refractivity contribution < 1.29 is 9.59 Å². The lowest BCUT2D eigenvalue weighted by molar-refractivity contribution is -0.120.